The summed E-state index contributed by atoms with van der Waals surface area (Å²) in [5, 5.41) is 0. The molecule has 28 heavy (non-hydrogen) atoms. The van der Waals surface area contributed by atoms with Gasteiger partial charge in [-0.3, -0.25) is 13.9 Å². The molecule has 150 valence electrons. The molecule has 3 aromatic rings. The van der Waals surface area contributed by atoms with Gasteiger partial charge in [-0.25, -0.2) is 13.2 Å². The number of fused-ring (bicyclic) bond motifs is 1. The molecule has 0 amide bonds. The Morgan fingerprint density at radius 3 is 2.18 bits per heavy atom. The van der Waals surface area contributed by atoms with E-state index in [-0.39, 0.29) is 16.3 Å². The highest BCUT2D eigenvalue weighted by atomic mass is 32.2. The van der Waals surface area contributed by atoms with Gasteiger partial charge in [0.05, 0.1) is 28.7 Å². The maximum Gasteiger partial charge on any atom is 0.328 e. The number of hydrogen-bond donors (Lipinski definition) is 1. The second-order valence-electron chi connectivity index (χ2n) is 7.23. The van der Waals surface area contributed by atoms with Crippen LogP contribution in [0.3, 0.4) is 0 Å². The van der Waals surface area contributed by atoms with Crippen LogP contribution in [-0.4, -0.2) is 24.7 Å². The minimum absolute atomic E-state index is 0.197. The molecule has 0 unspecified atom stereocenters. The number of nitrogens with one attached hydrogen (secondary N) is 1. The summed E-state index contributed by atoms with van der Waals surface area (Å²) in [7, 11) is 0.936. The number of benzene rings is 2. The molecular weight excluding hydrogens is 378 g/mol. The second kappa shape index (κ2) is 7.01. The summed E-state index contributed by atoms with van der Waals surface area (Å²) in [6, 6.07) is 8.61. The number of imidazole rings is 1. The number of aromatic nitrogens is 2. The first-order valence-corrected chi connectivity index (χ1v) is 10.4. The number of nitrogens with zero attached hydrogens (tertiary/aromatic N) is 2. The number of ether oxygens (including phenoxy) is 1. The Morgan fingerprint density at radius 2 is 1.64 bits per heavy atom. The van der Waals surface area contributed by atoms with Gasteiger partial charge in [0.15, 0.2) is 0 Å². The molecule has 1 aromatic heterocycles. The van der Waals surface area contributed by atoms with E-state index in [0.29, 0.717) is 28.3 Å². The van der Waals surface area contributed by atoms with Crippen molar-refractivity contribution in [3.05, 3.63) is 51.9 Å². The average Bonchev–Trinajstić information content (AvgIpc) is 2.84. The molecule has 0 saturated carbocycles. The van der Waals surface area contributed by atoms with Gasteiger partial charge in [0.25, 0.3) is 10.0 Å². The van der Waals surface area contributed by atoms with Crippen LogP contribution in [-0.2, 0) is 24.1 Å². The van der Waals surface area contributed by atoms with Crippen LogP contribution in [0.5, 0.6) is 5.75 Å². The molecule has 0 aliphatic rings. The number of sulfonamides is 1. The SMILES string of the molecule is COc1cc2c(cc1NS(=O)(=O)c1ccc(C(C)C)cc1C)n(C)c(=O)n2C. The number of rotatable bonds is 5. The van der Waals surface area contributed by atoms with Crippen molar-refractivity contribution >= 4 is 26.7 Å². The van der Waals surface area contributed by atoms with Gasteiger partial charge < -0.3 is 4.74 Å². The number of hydrogen-bond acceptors (Lipinski definition) is 4. The third-order valence-corrected chi connectivity index (χ3v) is 6.52. The van der Waals surface area contributed by atoms with Gasteiger partial charge in [0, 0.05) is 20.2 Å². The zero-order valence-corrected chi connectivity index (χ0v) is 17.7. The molecule has 1 heterocycles. The molecule has 1 N–H and O–H groups in total. The lowest BCUT2D eigenvalue weighted by molar-refractivity contribution is 0.417. The lowest BCUT2D eigenvalue weighted by Crippen LogP contribution is -2.19. The van der Waals surface area contributed by atoms with Crippen LogP contribution in [0.2, 0.25) is 0 Å². The van der Waals surface area contributed by atoms with Gasteiger partial charge in [0.2, 0.25) is 0 Å². The fourth-order valence-corrected chi connectivity index (χ4v) is 4.60. The molecule has 0 atom stereocenters. The van der Waals surface area contributed by atoms with Crippen LogP contribution in [0.25, 0.3) is 11.0 Å². The predicted molar refractivity (Wildman–Crippen MR) is 111 cm³/mol. The van der Waals surface area contributed by atoms with Crippen molar-refractivity contribution in [2.24, 2.45) is 14.1 Å². The summed E-state index contributed by atoms with van der Waals surface area (Å²) in [5.41, 5.74) is 3.10. The molecule has 0 aliphatic carbocycles. The Labute approximate surface area is 164 Å². The molecule has 0 aliphatic heterocycles. The van der Waals surface area contributed by atoms with Crippen LogP contribution in [0.15, 0.2) is 40.0 Å². The van der Waals surface area contributed by atoms with E-state index < -0.39 is 10.0 Å². The average molecular weight is 404 g/mol. The summed E-state index contributed by atoms with van der Waals surface area (Å²) in [6.07, 6.45) is 0. The highest BCUT2D eigenvalue weighted by molar-refractivity contribution is 7.92. The smallest absolute Gasteiger partial charge is 0.328 e. The Morgan fingerprint density at radius 1 is 1.04 bits per heavy atom. The van der Waals surface area contributed by atoms with E-state index in [1.807, 2.05) is 12.1 Å². The molecule has 0 bridgehead atoms. The highest BCUT2D eigenvalue weighted by Crippen LogP contribution is 2.32. The van der Waals surface area contributed by atoms with Gasteiger partial charge in [-0.2, -0.15) is 0 Å². The van der Waals surface area contributed by atoms with E-state index in [9.17, 15) is 13.2 Å². The molecule has 8 heteroatoms. The first kappa shape index (κ1) is 20.0. The molecule has 7 nitrogen and oxygen atoms in total. The van der Waals surface area contributed by atoms with Crippen molar-refractivity contribution in [2.75, 3.05) is 11.8 Å². The minimum atomic E-state index is -3.83. The molecule has 0 saturated heterocycles. The molecule has 0 fully saturated rings. The van der Waals surface area contributed by atoms with Gasteiger partial charge in [-0.15, -0.1) is 0 Å². The van der Waals surface area contributed by atoms with Crippen LogP contribution < -0.4 is 15.1 Å². The topological polar surface area (TPSA) is 82.3 Å². The summed E-state index contributed by atoms with van der Waals surface area (Å²) in [4.78, 5) is 12.4. The fraction of sp³-hybridized carbons (Fsp3) is 0.350. The maximum atomic E-state index is 13.0. The van der Waals surface area contributed by atoms with Crippen molar-refractivity contribution in [3.8, 4) is 5.75 Å². The summed E-state index contributed by atoms with van der Waals surface area (Å²) in [5.74, 6) is 0.652. The van der Waals surface area contributed by atoms with Crippen molar-refractivity contribution in [2.45, 2.75) is 31.6 Å². The number of anilines is 1. The molecule has 3 rings (SSSR count). The number of methoxy groups -OCH3 is 1. The first-order valence-electron chi connectivity index (χ1n) is 8.93. The van der Waals surface area contributed by atoms with Gasteiger partial charge in [-0.05, 0) is 36.1 Å². The third kappa shape index (κ3) is 3.28. The Kier molecular flexibility index (Phi) is 5.01. The second-order valence-corrected chi connectivity index (χ2v) is 8.88. The monoisotopic (exact) mass is 403 g/mol. The van der Waals surface area contributed by atoms with Gasteiger partial charge in [0.1, 0.15) is 5.75 Å². The van der Waals surface area contributed by atoms with Crippen LogP contribution >= 0.6 is 0 Å². The fourth-order valence-electron chi connectivity index (χ4n) is 3.31. The van der Waals surface area contributed by atoms with Crippen LogP contribution in [0.4, 0.5) is 5.69 Å². The standard InChI is InChI=1S/C20H25N3O4S/c1-12(2)14-7-8-19(13(3)9-14)28(25,26)21-15-10-16-17(11-18(15)27-6)23(5)20(24)22(16)4/h7-12,21H,1-6H3. The van der Waals surface area contributed by atoms with Gasteiger partial charge >= 0.3 is 5.69 Å². The van der Waals surface area contributed by atoms with Crippen LogP contribution in [0.1, 0.15) is 30.9 Å². The van der Waals surface area contributed by atoms with E-state index in [1.165, 1.54) is 16.2 Å². The first-order chi connectivity index (χ1) is 13.1. The van der Waals surface area contributed by atoms with E-state index in [4.69, 9.17) is 4.74 Å². The van der Waals surface area contributed by atoms with Crippen molar-refractivity contribution in [3.63, 3.8) is 0 Å². The summed E-state index contributed by atoms with van der Waals surface area (Å²) >= 11 is 0. The van der Waals surface area contributed by atoms with Crippen molar-refractivity contribution < 1.29 is 13.2 Å². The van der Waals surface area contributed by atoms with E-state index in [2.05, 4.69) is 18.6 Å². The Balaban J connectivity index is 2.11. The predicted octanol–water partition coefficient (Wildman–Crippen LogP) is 3.12. The molecule has 0 spiro atoms. The van der Waals surface area contributed by atoms with E-state index in [0.717, 1.165) is 5.56 Å². The largest absolute Gasteiger partial charge is 0.494 e. The third-order valence-electron chi connectivity index (χ3n) is 4.99. The van der Waals surface area contributed by atoms with E-state index >= 15 is 0 Å². The van der Waals surface area contributed by atoms with Crippen molar-refractivity contribution in [1.29, 1.82) is 0 Å². The zero-order chi connectivity index (χ0) is 20.8. The number of aryl methyl sites for hydroxylation is 3. The Hall–Kier alpha value is -2.74. The van der Waals surface area contributed by atoms with Crippen LogP contribution in [0, 0.1) is 6.92 Å². The quantitative estimate of drug-likeness (QED) is 0.710. The van der Waals surface area contributed by atoms with Crippen molar-refractivity contribution in [1.82, 2.24) is 9.13 Å². The summed E-state index contributed by atoms with van der Waals surface area (Å²) < 4.78 is 37.0. The van der Waals surface area contributed by atoms with Gasteiger partial charge in [-0.1, -0.05) is 26.0 Å². The normalized spacial score (nSPS) is 12.0. The zero-order valence-electron chi connectivity index (χ0n) is 16.9. The molecule has 2 aromatic carbocycles. The summed E-state index contributed by atoms with van der Waals surface area (Å²) in [6.45, 7) is 5.90. The lowest BCUT2D eigenvalue weighted by Gasteiger charge is -2.15. The highest BCUT2D eigenvalue weighted by Gasteiger charge is 2.21. The minimum Gasteiger partial charge on any atom is -0.494 e. The maximum absolute atomic E-state index is 13.0. The molecular formula is C20H25N3O4S. The lowest BCUT2D eigenvalue weighted by atomic mass is 10.0. The molecule has 0 radical (unpaired) electrons. The Bertz CT molecular complexity index is 1220. The van der Waals surface area contributed by atoms with E-state index in [1.54, 1.807) is 39.2 Å².